The van der Waals surface area contributed by atoms with Crippen molar-refractivity contribution in [2.45, 2.75) is 46.6 Å². The molecule has 2 aromatic heterocycles. The zero-order valence-electron chi connectivity index (χ0n) is 25.1. The normalized spacial score (nSPS) is 14.8. The summed E-state index contributed by atoms with van der Waals surface area (Å²) in [6.07, 6.45) is 7.61. The van der Waals surface area contributed by atoms with Crippen LogP contribution < -0.4 is 16.2 Å². The van der Waals surface area contributed by atoms with Crippen molar-refractivity contribution in [1.82, 2.24) is 14.5 Å². The molecule has 0 atom stereocenters. The number of nitrogens with zero attached hydrogens (tertiary/aromatic N) is 5. The Kier molecular flexibility index (Phi) is 9.61. The van der Waals surface area contributed by atoms with E-state index in [9.17, 15) is 9.18 Å². The number of pyridine rings is 1. The highest BCUT2D eigenvalue weighted by Gasteiger charge is 2.23. The number of fused-ring (bicyclic) bond motifs is 2. The van der Waals surface area contributed by atoms with Crippen LogP contribution in [0.4, 0.5) is 10.2 Å². The Morgan fingerprint density at radius 3 is 2.53 bits per heavy atom. The average molecular weight is 583 g/mol. The maximum atomic E-state index is 14.8. The summed E-state index contributed by atoms with van der Waals surface area (Å²) >= 11 is 0. The van der Waals surface area contributed by atoms with Crippen LogP contribution >= 0.6 is 0 Å². The van der Waals surface area contributed by atoms with Crippen LogP contribution in [-0.2, 0) is 24.1 Å². The smallest absolute Gasteiger partial charge is 0.261 e. The van der Waals surface area contributed by atoms with Crippen molar-refractivity contribution >= 4 is 22.9 Å². The molecule has 4 aromatic rings. The fourth-order valence-electron chi connectivity index (χ4n) is 5.52. The van der Waals surface area contributed by atoms with Gasteiger partial charge in [0.1, 0.15) is 28.7 Å². The van der Waals surface area contributed by atoms with Crippen LogP contribution in [0.25, 0.3) is 22.2 Å². The number of aliphatic imine (C=N–C) groups is 1. The fraction of sp³-hybridized carbons (Fsp3) is 0.353. The molecule has 0 radical (unpaired) electrons. The van der Waals surface area contributed by atoms with Crippen molar-refractivity contribution < 1.29 is 9.13 Å². The topological polar surface area (TPSA) is 98.6 Å². The van der Waals surface area contributed by atoms with Crippen molar-refractivity contribution in [1.29, 1.82) is 0 Å². The van der Waals surface area contributed by atoms with Gasteiger partial charge >= 0.3 is 0 Å². The van der Waals surface area contributed by atoms with Crippen LogP contribution in [0.2, 0.25) is 0 Å². The molecule has 2 aromatic carbocycles. The average Bonchev–Trinajstić information content (AvgIpc) is 3.48. The minimum absolute atomic E-state index is 0.0665. The number of anilines is 1. The van der Waals surface area contributed by atoms with Crippen LogP contribution in [-0.4, -0.2) is 53.6 Å². The molecule has 1 fully saturated rings. The largest absolute Gasteiger partial charge is 0.405 e. The van der Waals surface area contributed by atoms with Crippen LogP contribution in [0.3, 0.4) is 0 Å². The zero-order chi connectivity index (χ0) is 30.3. The molecule has 1 saturated heterocycles. The van der Waals surface area contributed by atoms with Gasteiger partial charge in [0.2, 0.25) is 0 Å². The van der Waals surface area contributed by atoms with E-state index in [1.165, 1.54) is 29.0 Å². The first-order valence-electron chi connectivity index (χ1n) is 14.8. The highest BCUT2D eigenvalue weighted by Crippen LogP contribution is 2.31. The summed E-state index contributed by atoms with van der Waals surface area (Å²) in [6.45, 7) is 10.2. The Morgan fingerprint density at radius 2 is 1.79 bits per heavy atom. The van der Waals surface area contributed by atoms with Crippen molar-refractivity contribution in [3.8, 4) is 11.3 Å². The second-order valence-electron chi connectivity index (χ2n) is 11.0. The predicted octanol–water partition coefficient (Wildman–Crippen LogP) is 5.08. The standard InChI is InChI=1S/C21H21FN4O2.C13H18N2/c1-13-4-5-14(16(22)11-13)19-20-15(21(27)26-6-2-3-17(26)23-20)12-18(24-19)25-7-9-28-10-8-25;1-11-4-5-13(12(2)10-11)6-9-15-8-3-7-14/h4-5,11-12H,2-3,6-10H2,1H3;3-5,7-8,10H,6,9,14H2,1-2H3/b;7-3-,15-8?. The van der Waals surface area contributed by atoms with Crippen LogP contribution in [0.1, 0.15) is 34.5 Å². The molecule has 9 heteroatoms. The molecule has 2 aliphatic rings. The summed E-state index contributed by atoms with van der Waals surface area (Å²) in [4.78, 5) is 28.9. The highest BCUT2D eigenvalue weighted by atomic mass is 19.1. The minimum atomic E-state index is -0.352. The molecule has 2 aliphatic heterocycles. The third kappa shape index (κ3) is 7.00. The van der Waals surface area contributed by atoms with E-state index in [-0.39, 0.29) is 11.4 Å². The molecule has 0 amide bonds. The van der Waals surface area contributed by atoms with E-state index in [1.807, 2.05) is 13.0 Å². The number of benzene rings is 2. The number of rotatable bonds is 6. The summed E-state index contributed by atoms with van der Waals surface area (Å²) in [7, 11) is 0. The van der Waals surface area contributed by atoms with Gasteiger partial charge in [-0.2, -0.15) is 0 Å². The third-order valence-electron chi connectivity index (χ3n) is 7.82. The Balaban J connectivity index is 0.000000209. The van der Waals surface area contributed by atoms with Gasteiger partial charge in [-0.3, -0.25) is 14.4 Å². The number of ether oxygens (including phenoxy) is 1. The summed E-state index contributed by atoms with van der Waals surface area (Å²) in [5, 5.41) is 0.497. The highest BCUT2D eigenvalue weighted by molar-refractivity contribution is 5.93. The van der Waals surface area contributed by atoms with Gasteiger partial charge in [0.25, 0.3) is 5.56 Å². The lowest BCUT2D eigenvalue weighted by molar-refractivity contribution is 0.122. The minimum Gasteiger partial charge on any atom is -0.405 e. The second-order valence-corrected chi connectivity index (χ2v) is 11.0. The lowest BCUT2D eigenvalue weighted by atomic mass is 10.0. The first-order valence-corrected chi connectivity index (χ1v) is 14.8. The SMILES string of the molecule is Cc1ccc(-c2nc(N3CCOCC3)cc3c(=O)n4c(nc23)CCC4)c(F)c1.Cc1ccc(CCN=C/C=C\N)c(C)c1. The van der Waals surface area contributed by atoms with Crippen molar-refractivity contribution in [3.05, 3.63) is 99.0 Å². The molecular weight excluding hydrogens is 543 g/mol. The van der Waals surface area contributed by atoms with Gasteiger partial charge < -0.3 is 15.4 Å². The first-order chi connectivity index (χ1) is 20.9. The quantitative estimate of drug-likeness (QED) is 0.319. The van der Waals surface area contributed by atoms with Gasteiger partial charge in [-0.1, -0.05) is 29.8 Å². The lowest BCUT2D eigenvalue weighted by Crippen LogP contribution is -2.37. The molecule has 2 N–H and O–H groups in total. The maximum Gasteiger partial charge on any atom is 0.261 e. The van der Waals surface area contributed by atoms with Gasteiger partial charge in [-0.25, -0.2) is 14.4 Å². The van der Waals surface area contributed by atoms with Gasteiger partial charge in [0.15, 0.2) is 0 Å². The molecule has 0 saturated carbocycles. The Bertz CT molecular complexity index is 1720. The van der Waals surface area contributed by atoms with E-state index >= 15 is 0 Å². The molecular formula is C34H39FN6O2. The third-order valence-corrected chi connectivity index (χ3v) is 7.82. The fourth-order valence-corrected chi connectivity index (χ4v) is 5.52. The number of nitrogens with two attached hydrogens (primary N) is 1. The molecule has 0 bridgehead atoms. The Hall–Kier alpha value is -4.37. The zero-order valence-corrected chi connectivity index (χ0v) is 25.1. The number of hydrogen-bond donors (Lipinski definition) is 1. The van der Waals surface area contributed by atoms with E-state index in [0.717, 1.165) is 37.2 Å². The lowest BCUT2D eigenvalue weighted by Gasteiger charge is -2.28. The van der Waals surface area contributed by atoms with Crippen molar-refractivity contribution in [3.63, 3.8) is 0 Å². The van der Waals surface area contributed by atoms with Gasteiger partial charge in [-0.05, 0) is 80.8 Å². The van der Waals surface area contributed by atoms with Crippen LogP contribution in [0, 0.1) is 26.6 Å². The number of hydrogen-bond acceptors (Lipinski definition) is 7. The molecule has 43 heavy (non-hydrogen) atoms. The summed E-state index contributed by atoms with van der Waals surface area (Å²) < 4.78 is 22.0. The van der Waals surface area contributed by atoms with Gasteiger partial charge in [-0.15, -0.1) is 0 Å². The first kappa shape index (κ1) is 30.1. The summed E-state index contributed by atoms with van der Waals surface area (Å²) in [6, 6.07) is 13.4. The molecule has 4 heterocycles. The molecule has 224 valence electrons. The van der Waals surface area contributed by atoms with E-state index in [1.54, 1.807) is 29.0 Å². The van der Waals surface area contributed by atoms with E-state index < -0.39 is 0 Å². The molecule has 0 spiro atoms. The molecule has 0 unspecified atom stereocenters. The molecule has 6 rings (SSSR count). The van der Waals surface area contributed by atoms with E-state index in [2.05, 4.69) is 41.9 Å². The molecule has 8 nitrogen and oxygen atoms in total. The Morgan fingerprint density at radius 1 is 1.02 bits per heavy atom. The Labute approximate surface area is 251 Å². The maximum absolute atomic E-state index is 14.8. The van der Waals surface area contributed by atoms with Crippen LogP contribution in [0.15, 0.2) is 64.5 Å². The van der Waals surface area contributed by atoms with Crippen LogP contribution in [0.5, 0.6) is 0 Å². The second kappa shape index (κ2) is 13.7. The van der Waals surface area contributed by atoms with Crippen molar-refractivity contribution in [2.24, 2.45) is 10.7 Å². The number of aryl methyl sites for hydroxylation is 4. The van der Waals surface area contributed by atoms with E-state index in [4.69, 9.17) is 20.4 Å². The van der Waals surface area contributed by atoms with Gasteiger partial charge in [0, 0.05) is 44.4 Å². The van der Waals surface area contributed by atoms with E-state index in [0.29, 0.717) is 60.8 Å². The number of aromatic nitrogens is 3. The summed E-state index contributed by atoms with van der Waals surface area (Å²) in [5.74, 6) is 1.07. The van der Waals surface area contributed by atoms with Gasteiger partial charge in [0.05, 0.1) is 18.6 Å². The summed E-state index contributed by atoms with van der Waals surface area (Å²) in [5.41, 5.74) is 11.3. The number of morpholine rings is 1. The number of halogens is 1. The van der Waals surface area contributed by atoms with Crippen molar-refractivity contribution in [2.75, 3.05) is 37.7 Å². The predicted molar refractivity (Wildman–Crippen MR) is 172 cm³/mol. The monoisotopic (exact) mass is 582 g/mol. The number of allylic oxidation sites excluding steroid dienone is 1. The molecule has 0 aliphatic carbocycles.